The number of hydrogen-bond donors (Lipinski definition) is 3. The lowest BCUT2D eigenvalue weighted by Crippen LogP contribution is -2.40. The van der Waals surface area contributed by atoms with Crippen molar-refractivity contribution < 1.29 is 9.59 Å². The van der Waals surface area contributed by atoms with Gasteiger partial charge >= 0.3 is 0 Å². The van der Waals surface area contributed by atoms with Crippen LogP contribution >= 0.6 is 0 Å². The number of nitrogens with zero attached hydrogens (tertiary/aromatic N) is 1. The maximum atomic E-state index is 12.5. The Kier molecular flexibility index (Phi) is 5.76. The van der Waals surface area contributed by atoms with Crippen molar-refractivity contribution in [1.82, 2.24) is 4.90 Å². The highest BCUT2D eigenvalue weighted by atomic mass is 16.2. The SMILES string of the molecule is Cc1ccc(N)cc1C(=O)Nc1ccc(CN2CCCC(C(N)=O)C2)cc1. The number of carbonyl (C=O) groups excluding carboxylic acids is 2. The quantitative estimate of drug-likeness (QED) is 0.708. The molecule has 142 valence electrons. The number of piperidine rings is 1. The molecule has 0 aliphatic carbocycles. The van der Waals surface area contributed by atoms with Crippen molar-refractivity contribution in [2.24, 2.45) is 11.7 Å². The number of anilines is 2. The molecular weight excluding hydrogens is 340 g/mol. The van der Waals surface area contributed by atoms with Crippen molar-refractivity contribution >= 4 is 23.2 Å². The number of carbonyl (C=O) groups is 2. The molecule has 0 bridgehead atoms. The Bertz CT molecular complexity index is 833. The van der Waals surface area contributed by atoms with E-state index in [0.717, 1.165) is 42.7 Å². The van der Waals surface area contributed by atoms with E-state index >= 15 is 0 Å². The Labute approximate surface area is 159 Å². The molecule has 0 radical (unpaired) electrons. The van der Waals surface area contributed by atoms with Crippen molar-refractivity contribution in [3.8, 4) is 0 Å². The predicted octanol–water partition coefficient (Wildman–Crippen LogP) is 2.53. The highest BCUT2D eigenvalue weighted by Crippen LogP contribution is 2.20. The van der Waals surface area contributed by atoms with Crippen LogP contribution in [0.2, 0.25) is 0 Å². The van der Waals surface area contributed by atoms with Crippen LogP contribution in [0.3, 0.4) is 0 Å². The minimum absolute atomic E-state index is 0.0566. The number of aryl methyl sites for hydroxylation is 1. The summed E-state index contributed by atoms with van der Waals surface area (Å²) in [5.74, 6) is -0.443. The molecular formula is C21H26N4O2. The summed E-state index contributed by atoms with van der Waals surface area (Å²) in [5, 5.41) is 2.91. The number of amides is 2. The van der Waals surface area contributed by atoms with Crippen molar-refractivity contribution in [3.63, 3.8) is 0 Å². The molecule has 1 atom stereocenters. The van der Waals surface area contributed by atoms with E-state index in [1.54, 1.807) is 12.1 Å². The van der Waals surface area contributed by atoms with E-state index < -0.39 is 0 Å². The number of primary amides is 1. The van der Waals surface area contributed by atoms with Crippen LogP contribution in [-0.4, -0.2) is 29.8 Å². The van der Waals surface area contributed by atoms with Crippen molar-refractivity contribution in [1.29, 1.82) is 0 Å². The minimum atomic E-state index is -0.213. The third-order valence-electron chi connectivity index (χ3n) is 5.03. The van der Waals surface area contributed by atoms with Gasteiger partial charge in [0.2, 0.25) is 5.91 Å². The fourth-order valence-electron chi connectivity index (χ4n) is 3.47. The second-order valence-corrected chi connectivity index (χ2v) is 7.20. The lowest BCUT2D eigenvalue weighted by atomic mass is 9.97. The van der Waals surface area contributed by atoms with E-state index in [4.69, 9.17) is 11.5 Å². The molecule has 27 heavy (non-hydrogen) atoms. The summed E-state index contributed by atoms with van der Waals surface area (Å²) in [6.45, 7) is 4.33. The summed E-state index contributed by atoms with van der Waals surface area (Å²) in [6.07, 6.45) is 1.86. The number of rotatable bonds is 5. The van der Waals surface area contributed by atoms with Gasteiger partial charge in [-0.2, -0.15) is 0 Å². The normalized spacial score (nSPS) is 17.4. The van der Waals surface area contributed by atoms with Crippen molar-refractivity contribution in [2.45, 2.75) is 26.3 Å². The molecule has 1 saturated heterocycles. The molecule has 1 unspecified atom stereocenters. The Morgan fingerprint density at radius 2 is 1.93 bits per heavy atom. The third-order valence-corrected chi connectivity index (χ3v) is 5.03. The van der Waals surface area contributed by atoms with E-state index in [2.05, 4.69) is 10.2 Å². The first-order valence-corrected chi connectivity index (χ1v) is 9.20. The molecule has 0 saturated carbocycles. The van der Waals surface area contributed by atoms with Gasteiger partial charge in [-0.05, 0) is 61.7 Å². The molecule has 1 aliphatic rings. The Balaban J connectivity index is 1.61. The molecule has 5 N–H and O–H groups in total. The molecule has 2 amide bonds. The van der Waals surface area contributed by atoms with E-state index in [-0.39, 0.29) is 17.7 Å². The van der Waals surface area contributed by atoms with E-state index in [9.17, 15) is 9.59 Å². The fraction of sp³-hybridized carbons (Fsp3) is 0.333. The number of nitrogens with one attached hydrogen (secondary N) is 1. The van der Waals surface area contributed by atoms with Crippen molar-refractivity contribution in [3.05, 3.63) is 59.2 Å². The van der Waals surface area contributed by atoms with Crippen LogP contribution in [0, 0.1) is 12.8 Å². The smallest absolute Gasteiger partial charge is 0.256 e. The van der Waals surface area contributed by atoms with E-state index in [0.29, 0.717) is 17.8 Å². The summed E-state index contributed by atoms with van der Waals surface area (Å²) in [7, 11) is 0. The summed E-state index contributed by atoms with van der Waals surface area (Å²) >= 11 is 0. The Morgan fingerprint density at radius 3 is 2.63 bits per heavy atom. The maximum absolute atomic E-state index is 12.5. The zero-order valence-corrected chi connectivity index (χ0v) is 15.6. The largest absolute Gasteiger partial charge is 0.399 e. The van der Waals surface area contributed by atoms with Gasteiger partial charge in [-0.25, -0.2) is 0 Å². The van der Waals surface area contributed by atoms with Gasteiger partial charge in [-0.3, -0.25) is 14.5 Å². The molecule has 1 aliphatic heterocycles. The standard InChI is InChI=1S/C21H26N4O2/c1-14-4-7-17(22)11-19(14)21(27)24-18-8-5-15(6-9-18)12-25-10-2-3-16(13-25)20(23)26/h4-9,11,16H,2-3,10,12-13,22H2,1H3,(H2,23,26)(H,24,27). The average molecular weight is 366 g/mol. The molecule has 2 aromatic rings. The van der Waals surface area contributed by atoms with Gasteiger partial charge in [0, 0.05) is 30.0 Å². The Hall–Kier alpha value is -2.86. The molecule has 2 aromatic carbocycles. The van der Waals surface area contributed by atoms with Gasteiger partial charge in [0.05, 0.1) is 5.92 Å². The third kappa shape index (κ3) is 4.86. The highest BCUT2D eigenvalue weighted by molar-refractivity contribution is 6.05. The molecule has 6 heteroatoms. The second kappa shape index (κ2) is 8.22. The zero-order chi connectivity index (χ0) is 19.4. The van der Waals surface area contributed by atoms with Crippen LogP contribution < -0.4 is 16.8 Å². The zero-order valence-electron chi connectivity index (χ0n) is 15.6. The molecule has 0 aromatic heterocycles. The number of hydrogen-bond acceptors (Lipinski definition) is 4. The van der Waals surface area contributed by atoms with Crippen LogP contribution in [0.15, 0.2) is 42.5 Å². The van der Waals surface area contributed by atoms with Gasteiger partial charge in [-0.1, -0.05) is 18.2 Å². The van der Waals surface area contributed by atoms with Crippen LogP contribution in [-0.2, 0) is 11.3 Å². The van der Waals surface area contributed by atoms with Gasteiger partial charge in [0.25, 0.3) is 5.91 Å². The highest BCUT2D eigenvalue weighted by Gasteiger charge is 2.23. The summed E-state index contributed by atoms with van der Waals surface area (Å²) < 4.78 is 0. The lowest BCUT2D eigenvalue weighted by molar-refractivity contribution is -0.123. The summed E-state index contributed by atoms with van der Waals surface area (Å²) in [6, 6.07) is 13.1. The van der Waals surface area contributed by atoms with Crippen LogP contribution in [0.5, 0.6) is 0 Å². The van der Waals surface area contributed by atoms with Crippen LogP contribution in [0.25, 0.3) is 0 Å². The van der Waals surface area contributed by atoms with Gasteiger partial charge in [-0.15, -0.1) is 0 Å². The molecule has 6 nitrogen and oxygen atoms in total. The monoisotopic (exact) mass is 366 g/mol. The predicted molar refractivity (Wildman–Crippen MR) is 107 cm³/mol. The average Bonchev–Trinajstić information content (AvgIpc) is 2.65. The molecule has 1 heterocycles. The van der Waals surface area contributed by atoms with Crippen molar-refractivity contribution in [2.75, 3.05) is 24.1 Å². The number of benzene rings is 2. The summed E-state index contributed by atoms with van der Waals surface area (Å²) in [4.78, 5) is 26.1. The van der Waals surface area contributed by atoms with Gasteiger partial charge in [0.15, 0.2) is 0 Å². The maximum Gasteiger partial charge on any atom is 0.256 e. The number of likely N-dealkylation sites (tertiary alicyclic amines) is 1. The first-order chi connectivity index (χ1) is 12.9. The van der Waals surface area contributed by atoms with E-state index in [1.165, 1.54) is 0 Å². The van der Waals surface area contributed by atoms with Gasteiger partial charge in [0.1, 0.15) is 0 Å². The van der Waals surface area contributed by atoms with E-state index in [1.807, 2.05) is 37.3 Å². The first kappa shape index (κ1) is 18.9. The molecule has 0 spiro atoms. The number of nitrogen functional groups attached to an aromatic ring is 1. The second-order valence-electron chi connectivity index (χ2n) is 7.20. The minimum Gasteiger partial charge on any atom is -0.399 e. The van der Waals surface area contributed by atoms with Gasteiger partial charge < -0.3 is 16.8 Å². The molecule has 1 fully saturated rings. The van der Waals surface area contributed by atoms with Crippen LogP contribution in [0.1, 0.15) is 34.3 Å². The Morgan fingerprint density at radius 1 is 1.19 bits per heavy atom. The number of nitrogens with two attached hydrogens (primary N) is 2. The lowest BCUT2D eigenvalue weighted by Gasteiger charge is -2.31. The first-order valence-electron chi connectivity index (χ1n) is 9.20. The fourth-order valence-corrected chi connectivity index (χ4v) is 3.47. The topological polar surface area (TPSA) is 101 Å². The summed E-state index contributed by atoms with van der Waals surface area (Å²) in [5.41, 5.74) is 15.1. The molecule has 3 rings (SSSR count). The van der Waals surface area contributed by atoms with Crippen LogP contribution in [0.4, 0.5) is 11.4 Å².